The smallest absolute Gasteiger partial charge is 0.293 e. The van der Waals surface area contributed by atoms with Crippen molar-refractivity contribution in [3.63, 3.8) is 0 Å². The molecule has 0 aromatic heterocycles. The summed E-state index contributed by atoms with van der Waals surface area (Å²) in [6.07, 6.45) is 0.871. The topological polar surface area (TPSA) is 105 Å². The summed E-state index contributed by atoms with van der Waals surface area (Å²) in [7, 11) is 1.81. The number of benzene rings is 1. The number of nitrogens with zero attached hydrogens (tertiary/aromatic N) is 3. The Labute approximate surface area is 111 Å². The van der Waals surface area contributed by atoms with Crippen molar-refractivity contribution in [2.24, 2.45) is 10.9 Å². The van der Waals surface area contributed by atoms with Gasteiger partial charge in [0.25, 0.3) is 5.69 Å². The zero-order chi connectivity index (χ0) is 14.6. The minimum absolute atomic E-state index is 0.0631. The molecule has 0 radical (unpaired) electrons. The van der Waals surface area contributed by atoms with E-state index in [-0.39, 0.29) is 17.6 Å². The Hall–Kier alpha value is -2.31. The number of nitro groups is 1. The van der Waals surface area contributed by atoms with Gasteiger partial charge >= 0.3 is 0 Å². The third-order valence-electron chi connectivity index (χ3n) is 3.21. The number of rotatable bonds is 5. The molecule has 0 spiro atoms. The molecule has 7 nitrogen and oxygen atoms in total. The van der Waals surface area contributed by atoms with Crippen LogP contribution in [0.2, 0.25) is 0 Å². The monoisotopic (exact) mass is 266 g/mol. The van der Waals surface area contributed by atoms with Gasteiger partial charge < -0.3 is 15.8 Å². The Balaban J connectivity index is 3.30. The van der Waals surface area contributed by atoms with E-state index < -0.39 is 4.92 Å². The molecule has 0 aliphatic carbocycles. The second kappa shape index (κ2) is 6.03. The molecule has 3 N–H and O–H groups in total. The lowest BCUT2D eigenvalue weighted by Crippen LogP contribution is -2.28. The van der Waals surface area contributed by atoms with Crippen LogP contribution in [0.4, 0.5) is 11.4 Å². The maximum atomic E-state index is 11.1. The summed E-state index contributed by atoms with van der Waals surface area (Å²) in [6.45, 7) is 4.00. The lowest BCUT2D eigenvalue weighted by Gasteiger charge is -2.25. The fraction of sp³-hybridized carbons (Fsp3) is 0.417. The summed E-state index contributed by atoms with van der Waals surface area (Å²) >= 11 is 0. The average molecular weight is 266 g/mol. The maximum Gasteiger partial charge on any atom is 0.293 e. The molecule has 0 aliphatic rings. The predicted molar refractivity (Wildman–Crippen MR) is 73.8 cm³/mol. The van der Waals surface area contributed by atoms with Gasteiger partial charge in [0, 0.05) is 24.7 Å². The molecule has 0 amide bonds. The first-order chi connectivity index (χ1) is 8.92. The first-order valence-electron chi connectivity index (χ1n) is 5.91. The van der Waals surface area contributed by atoms with Gasteiger partial charge in [-0.1, -0.05) is 12.1 Å². The largest absolute Gasteiger partial charge is 0.409 e. The van der Waals surface area contributed by atoms with E-state index in [0.29, 0.717) is 11.3 Å². The average Bonchev–Trinajstić information content (AvgIpc) is 2.43. The molecule has 0 bridgehead atoms. The Morgan fingerprint density at radius 3 is 2.74 bits per heavy atom. The van der Waals surface area contributed by atoms with Crippen molar-refractivity contribution in [2.45, 2.75) is 26.3 Å². The van der Waals surface area contributed by atoms with Gasteiger partial charge in [0.05, 0.1) is 4.92 Å². The van der Waals surface area contributed by atoms with Crippen LogP contribution in [0.3, 0.4) is 0 Å². The highest BCUT2D eigenvalue weighted by Gasteiger charge is 2.21. The fourth-order valence-corrected chi connectivity index (χ4v) is 1.70. The molecule has 19 heavy (non-hydrogen) atoms. The molecule has 0 fully saturated rings. The van der Waals surface area contributed by atoms with Crippen LogP contribution < -0.4 is 10.6 Å². The van der Waals surface area contributed by atoms with E-state index in [1.54, 1.807) is 19.2 Å². The summed E-state index contributed by atoms with van der Waals surface area (Å²) in [5.41, 5.74) is 6.20. The van der Waals surface area contributed by atoms with Crippen molar-refractivity contribution in [3.05, 3.63) is 33.9 Å². The van der Waals surface area contributed by atoms with Gasteiger partial charge in [-0.2, -0.15) is 0 Å². The molecule has 0 saturated heterocycles. The zero-order valence-corrected chi connectivity index (χ0v) is 11.2. The van der Waals surface area contributed by atoms with E-state index >= 15 is 0 Å². The summed E-state index contributed by atoms with van der Waals surface area (Å²) in [6, 6.07) is 4.69. The second-order valence-electron chi connectivity index (χ2n) is 4.31. The van der Waals surface area contributed by atoms with E-state index in [9.17, 15) is 10.1 Å². The van der Waals surface area contributed by atoms with Gasteiger partial charge in [0.1, 0.15) is 5.69 Å². The van der Waals surface area contributed by atoms with Crippen LogP contribution in [-0.4, -0.2) is 29.1 Å². The third kappa shape index (κ3) is 3.12. The first-order valence-corrected chi connectivity index (χ1v) is 5.91. The molecular weight excluding hydrogens is 248 g/mol. The lowest BCUT2D eigenvalue weighted by molar-refractivity contribution is -0.384. The summed E-state index contributed by atoms with van der Waals surface area (Å²) < 4.78 is 0. The molecule has 1 rings (SSSR count). The molecule has 0 aliphatic heterocycles. The van der Waals surface area contributed by atoms with Crippen molar-refractivity contribution < 1.29 is 10.1 Å². The number of anilines is 1. The highest BCUT2D eigenvalue weighted by molar-refractivity contribution is 5.98. The van der Waals surface area contributed by atoms with Crippen LogP contribution in [0.15, 0.2) is 23.4 Å². The van der Waals surface area contributed by atoms with Gasteiger partial charge in [0.15, 0.2) is 5.84 Å². The van der Waals surface area contributed by atoms with Gasteiger partial charge in [-0.25, -0.2) is 0 Å². The summed E-state index contributed by atoms with van der Waals surface area (Å²) in [4.78, 5) is 12.5. The van der Waals surface area contributed by atoms with Crippen molar-refractivity contribution in [2.75, 3.05) is 11.9 Å². The molecule has 1 aromatic rings. The summed E-state index contributed by atoms with van der Waals surface area (Å²) in [5, 5.41) is 22.6. The zero-order valence-electron chi connectivity index (χ0n) is 11.2. The number of nitrogens with two attached hydrogens (primary N) is 1. The number of amidine groups is 1. The molecule has 0 saturated carbocycles. The minimum atomic E-state index is -0.470. The van der Waals surface area contributed by atoms with Crippen LogP contribution in [0.25, 0.3) is 0 Å². The summed E-state index contributed by atoms with van der Waals surface area (Å²) in [5.74, 6) is -0.152. The van der Waals surface area contributed by atoms with Crippen LogP contribution in [0.1, 0.15) is 25.8 Å². The number of nitro benzene ring substituents is 1. The van der Waals surface area contributed by atoms with E-state index in [1.165, 1.54) is 6.07 Å². The predicted octanol–water partition coefficient (Wildman–Crippen LogP) is 1.92. The Morgan fingerprint density at radius 2 is 2.26 bits per heavy atom. The van der Waals surface area contributed by atoms with Crippen molar-refractivity contribution in [3.8, 4) is 0 Å². The van der Waals surface area contributed by atoms with Gasteiger partial charge in [-0.3, -0.25) is 10.1 Å². The SMILES string of the molecule is CCC(C)N(C)c1ccc(C(N)=NO)cc1[N+](=O)[O-]. The molecule has 0 heterocycles. The highest BCUT2D eigenvalue weighted by atomic mass is 16.6. The Kier molecular flexibility index (Phi) is 4.68. The van der Waals surface area contributed by atoms with Crippen LogP contribution >= 0.6 is 0 Å². The van der Waals surface area contributed by atoms with Crippen LogP contribution in [0, 0.1) is 10.1 Å². The van der Waals surface area contributed by atoms with Gasteiger partial charge in [-0.05, 0) is 25.5 Å². The van der Waals surface area contributed by atoms with Gasteiger partial charge in [-0.15, -0.1) is 0 Å². The normalized spacial score (nSPS) is 13.1. The molecule has 1 unspecified atom stereocenters. The maximum absolute atomic E-state index is 11.1. The number of hydrogen-bond acceptors (Lipinski definition) is 5. The van der Waals surface area contributed by atoms with Crippen molar-refractivity contribution >= 4 is 17.2 Å². The molecule has 7 heteroatoms. The van der Waals surface area contributed by atoms with Crippen molar-refractivity contribution in [1.29, 1.82) is 0 Å². The van der Waals surface area contributed by atoms with E-state index in [2.05, 4.69) is 5.16 Å². The lowest BCUT2D eigenvalue weighted by atomic mass is 10.1. The number of oxime groups is 1. The molecule has 104 valence electrons. The number of hydrogen-bond donors (Lipinski definition) is 2. The standard InChI is InChI=1S/C12H18N4O3/c1-4-8(2)15(3)10-6-5-9(12(13)14-17)7-11(10)16(18)19/h5-8,17H,4H2,1-3H3,(H2,13,14). The minimum Gasteiger partial charge on any atom is -0.409 e. The molecular formula is C12H18N4O3. The molecule has 1 aromatic carbocycles. The highest BCUT2D eigenvalue weighted by Crippen LogP contribution is 2.30. The second-order valence-corrected chi connectivity index (χ2v) is 4.31. The Bertz CT molecular complexity index is 502. The van der Waals surface area contributed by atoms with E-state index in [4.69, 9.17) is 10.9 Å². The third-order valence-corrected chi connectivity index (χ3v) is 3.21. The van der Waals surface area contributed by atoms with E-state index in [1.807, 2.05) is 18.7 Å². The fourth-order valence-electron chi connectivity index (χ4n) is 1.70. The van der Waals surface area contributed by atoms with E-state index in [0.717, 1.165) is 6.42 Å². The first kappa shape index (κ1) is 14.7. The van der Waals surface area contributed by atoms with Crippen molar-refractivity contribution in [1.82, 2.24) is 0 Å². The van der Waals surface area contributed by atoms with Crippen LogP contribution in [0.5, 0.6) is 0 Å². The van der Waals surface area contributed by atoms with Crippen LogP contribution in [-0.2, 0) is 0 Å². The Morgan fingerprint density at radius 1 is 1.63 bits per heavy atom. The van der Waals surface area contributed by atoms with Gasteiger partial charge in [0.2, 0.25) is 0 Å². The quantitative estimate of drug-likeness (QED) is 0.278. The molecule has 1 atom stereocenters.